The Kier molecular flexibility index (Phi) is 6.53. The molecule has 3 rings (SSSR count). The number of amides is 2. The van der Waals surface area contributed by atoms with E-state index in [1.807, 2.05) is 0 Å². The van der Waals surface area contributed by atoms with E-state index in [9.17, 15) is 24.5 Å². The number of carboxylic acid groups (broad SMARTS) is 1. The number of carboxylic acids is 1. The summed E-state index contributed by atoms with van der Waals surface area (Å²) in [6.07, 6.45) is 1.50. The second-order valence-corrected chi connectivity index (χ2v) is 7.91. The molecule has 0 spiro atoms. The number of thioether (sulfide) groups is 1. The van der Waals surface area contributed by atoms with E-state index in [1.165, 1.54) is 18.2 Å². The number of nitro groups is 1. The highest BCUT2D eigenvalue weighted by molar-refractivity contribution is 9.10. The monoisotopic (exact) mass is 492 g/mol. The molecule has 0 atom stereocenters. The van der Waals surface area contributed by atoms with Gasteiger partial charge in [-0.05, 0) is 69.2 Å². The molecule has 0 unspecified atom stereocenters. The molecule has 1 aliphatic rings. The summed E-state index contributed by atoms with van der Waals surface area (Å²) in [4.78, 5) is 45.8. The summed E-state index contributed by atoms with van der Waals surface area (Å²) < 4.78 is 6.31. The van der Waals surface area contributed by atoms with Crippen molar-refractivity contribution >= 4 is 56.6 Å². The van der Waals surface area contributed by atoms with Crippen LogP contribution < -0.4 is 4.74 Å². The van der Waals surface area contributed by atoms with E-state index in [0.717, 1.165) is 5.56 Å². The number of non-ortho nitro benzene ring substituents is 1. The summed E-state index contributed by atoms with van der Waals surface area (Å²) in [7, 11) is 0. The number of halogens is 1. The summed E-state index contributed by atoms with van der Waals surface area (Å²) in [5.74, 6) is -1.40. The molecule has 0 aliphatic carbocycles. The fraction of sp³-hybridized carbons (Fsp3) is 0.105. The smallest absolute Gasteiger partial charge is 0.323 e. The van der Waals surface area contributed by atoms with Crippen molar-refractivity contribution in [2.24, 2.45) is 0 Å². The number of nitro benzene ring substituents is 1. The maximum Gasteiger partial charge on any atom is 0.323 e. The Bertz CT molecular complexity index is 1070. The fourth-order valence-corrected chi connectivity index (χ4v) is 3.87. The maximum absolute atomic E-state index is 12.2. The van der Waals surface area contributed by atoms with Gasteiger partial charge in [-0.2, -0.15) is 0 Å². The molecule has 0 aromatic heterocycles. The number of carbonyl (C=O) groups is 3. The molecule has 1 saturated heterocycles. The van der Waals surface area contributed by atoms with E-state index in [4.69, 9.17) is 9.84 Å². The topological polar surface area (TPSA) is 127 Å². The summed E-state index contributed by atoms with van der Waals surface area (Å²) in [6.45, 7) is -0.481. The molecule has 1 fully saturated rings. The Hall–Kier alpha value is -3.18. The zero-order chi connectivity index (χ0) is 21.8. The minimum atomic E-state index is -1.27. The predicted octanol–water partition coefficient (Wildman–Crippen LogP) is 4.06. The van der Waals surface area contributed by atoms with E-state index < -0.39 is 28.6 Å². The normalized spacial score (nSPS) is 15.0. The van der Waals surface area contributed by atoms with Crippen molar-refractivity contribution in [3.8, 4) is 5.75 Å². The van der Waals surface area contributed by atoms with Crippen LogP contribution in [0.2, 0.25) is 0 Å². The first-order chi connectivity index (χ1) is 14.2. The van der Waals surface area contributed by atoms with Crippen LogP contribution in [0.5, 0.6) is 5.75 Å². The zero-order valence-electron chi connectivity index (χ0n) is 15.1. The van der Waals surface area contributed by atoms with E-state index in [0.29, 0.717) is 32.4 Å². The third kappa shape index (κ3) is 5.05. The Labute approximate surface area is 182 Å². The van der Waals surface area contributed by atoms with Gasteiger partial charge in [-0.3, -0.25) is 29.4 Å². The summed E-state index contributed by atoms with van der Waals surface area (Å²) in [6, 6.07) is 11.0. The highest BCUT2D eigenvalue weighted by atomic mass is 79.9. The number of carbonyl (C=O) groups excluding carboxylic acids is 2. The van der Waals surface area contributed by atoms with Gasteiger partial charge in [-0.15, -0.1) is 0 Å². The molecule has 2 aromatic rings. The minimum absolute atomic E-state index is 0.00273. The highest BCUT2D eigenvalue weighted by Gasteiger charge is 2.36. The van der Waals surface area contributed by atoms with Crippen molar-refractivity contribution in [1.82, 2.24) is 4.90 Å². The van der Waals surface area contributed by atoms with Crippen molar-refractivity contribution in [3.05, 3.63) is 73.1 Å². The number of hydrogen-bond acceptors (Lipinski definition) is 7. The zero-order valence-corrected chi connectivity index (χ0v) is 17.5. The molecule has 0 radical (unpaired) electrons. The lowest BCUT2D eigenvalue weighted by Gasteiger charge is -2.09. The van der Waals surface area contributed by atoms with Crippen molar-refractivity contribution in [2.45, 2.75) is 6.61 Å². The maximum atomic E-state index is 12.2. The highest BCUT2D eigenvalue weighted by Crippen LogP contribution is 2.34. The van der Waals surface area contributed by atoms with Gasteiger partial charge in [0.05, 0.1) is 14.3 Å². The molecule has 1 aliphatic heterocycles. The van der Waals surface area contributed by atoms with Crippen LogP contribution in [0.25, 0.3) is 6.08 Å². The van der Waals surface area contributed by atoms with Crippen LogP contribution in [0.3, 0.4) is 0 Å². The molecule has 1 heterocycles. The largest absolute Gasteiger partial charge is 0.488 e. The van der Waals surface area contributed by atoms with Crippen LogP contribution in [-0.4, -0.2) is 38.6 Å². The second-order valence-electron chi connectivity index (χ2n) is 6.06. The Balaban J connectivity index is 1.68. The molecule has 0 bridgehead atoms. The number of rotatable bonds is 7. The molecule has 30 heavy (non-hydrogen) atoms. The SMILES string of the molecule is O=C(O)CN1C(=O)S/C(=C/c2ccc(OCc3ccc([N+](=O)[O-])cc3)c(Br)c2)C1=O. The van der Waals surface area contributed by atoms with Gasteiger partial charge in [0, 0.05) is 12.1 Å². The molecule has 2 aromatic carbocycles. The molecule has 154 valence electrons. The lowest BCUT2D eigenvalue weighted by Crippen LogP contribution is -2.33. The van der Waals surface area contributed by atoms with Gasteiger partial charge in [-0.25, -0.2) is 0 Å². The van der Waals surface area contributed by atoms with E-state index >= 15 is 0 Å². The number of nitrogens with zero attached hydrogens (tertiary/aromatic N) is 2. The molecule has 1 N–H and O–H groups in total. The van der Waals surface area contributed by atoms with Crippen LogP contribution in [-0.2, 0) is 16.2 Å². The van der Waals surface area contributed by atoms with Crippen LogP contribution >= 0.6 is 27.7 Å². The molecular weight excluding hydrogens is 480 g/mol. The average molecular weight is 493 g/mol. The Morgan fingerprint density at radius 1 is 1.23 bits per heavy atom. The lowest BCUT2D eigenvalue weighted by atomic mass is 10.2. The van der Waals surface area contributed by atoms with Crippen molar-refractivity contribution in [3.63, 3.8) is 0 Å². The van der Waals surface area contributed by atoms with Gasteiger partial charge in [0.2, 0.25) is 0 Å². The average Bonchev–Trinajstić information content (AvgIpc) is 2.94. The van der Waals surface area contributed by atoms with Gasteiger partial charge in [0.1, 0.15) is 18.9 Å². The van der Waals surface area contributed by atoms with Gasteiger partial charge in [0.15, 0.2) is 0 Å². The quantitative estimate of drug-likeness (QED) is 0.348. The summed E-state index contributed by atoms with van der Waals surface area (Å²) >= 11 is 4.06. The molecular formula is C19H13BrN2O7S. The van der Waals surface area contributed by atoms with E-state index in [2.05, 4.69) is 15.9 Å². The molecule has 9 nitrogen and oxygen atoms in total. The van der Waals surface area contributed by atoms with Crippen LogP contribution in [0, 0.1) is 10.1 Å². The standard InChI is InChI=1S/C19H13BrN2O7S/c20-14-7-12(8-16-18(25)21(9-17(23)24)19(26)30-16)3-6-15(14)29-10-11-1-4-13(5-2-11)22(27)28/h1-8H,9-10H2,(H,23,24)/b16-8+. The number of hydrogen-bond donors (Lipinski definition) is 1. The number of benzene rings is 2. The van der Waals surface area contributed by atoms with Crippen LogP contribution in [0.4, 0.5) is 10.5 Å². The lowest BCUT2D eigenvalue weighted by molar-refractivity contribution is -0.384. The van der Waals surface area contributed by atoms with Gasteiger partial charge in [-0.1, -0.05) is 6.07 Å². The third-order valence-electron chi connectivity index (χ3n) is 3.96. The van der Waals surface area contributed by atoms with Crippen LogP contribution in [0.1, 0.15) is 11.1 Å². The third-order valence-corrected chi connectivity index (χ3v) is 5.49. The van der Waals surface area contributed by atoms with Gasteiger partial charge >= 0.3 is 5.97 Å². The second kappa shape index (κ2) is 9.09. The molecule has 11 heteroatoms. The molecule has 2 amide bonds. The van der Waals surface area contributed by atoms with Crippen LogP contribution in [0.15, 0.2) is 51.8 Å². The predicted molar refractivity (Wildman–Crippen MR) is 112 cm³/mol. The van der Waals surface area contributed by atoms with E-state index in [1.54, 1.807) is 30.3 Å². The number of aliphatic carboxylic acids is 1. The van der Waals surface area contributed by atoms with Crippen molar-refractivity contribution in [1.29, 1.82) is 0 Å². The fourth-order valence-electron chi connectivity index (χ4n) is 2.52. The minimum Gasteiger partial charge on any atom is -0.488 e. The summed E-state index contributed by atoms with van der Waals surface area (Å²) in [5, 5.41) is 18.9. The van der Waals surface area contributed by atoms with E-state index in [-0.39, 0.29) is 17.2 Å². The van der Waals surface area contributed by atoms with Crippen molar-refractivity contribution in [2.75, 3.05) is 6.54 Å². The van der Waals surface area contributed by atoms with Gasteiger partial charge in [0.25, 0.3) is 16.8 Å². The Morgan fingerprint density at radius 3 is 2.53 bits per heavy atom. The first kappa shape index (κ1) is 21.5. The first-order valence-electron chi connectivity index (χ1n) is 8.37. The first-order valence-corrected chi connectivity index (χ1v) is 9.98. The van der Waals surface area contributed by atoms with Gasteiger partial charge < -0.3 is 9.84 Å². The molecule has 0 saturated carbocycles. The number of imide groups is 1. The Morgan fingerprint density at radius 2 is 1.93 bits per heavy atom. The van der Waals surface area contributed by atoms with Crippen molar-refractivity contribution < 1.29 is 29.2 Å². The summed E-state index contributed by atoms with van der Waals surface area (Å²) in [5.41, 5.74) is 1.37. The number of ether oxygens (including phenoxy) is 1.